The molecule has 1 aromatic carbocycles. The predicted octanol–water partition coefficient (Wildman–Crippen LogP) is 2.42. The van der Waals surface area contributed by atoms with Crippen molar-refractivity contribution in [3.63, 3.8) is 0 Å². The zero-order chi connectivity index (χ0) is 12.1. The number of aromatic nitrogens is 1. The first-order chi connectivity index (χ1) is 8.29. The van der Waals surface area contributed by atoms with Gasteiger partial charge in [-0.25, -0.2) is 4.98 Å². The summed E-state index contributed by atoms with van der Waals surface area (Å²) in [4.78, 5) is 15.7. The molecule has 0 radical (unpaired) electrons. The van der Waals surface area contributed by atoms with Crippen molar-refractivity contribution >= 4 is 11.6 Å². The molecule has 1 aromatic heterocycles. The lowest BCUT2D eigenvalue weighted by Gasteiger charge is -2.08. The largest absolute Gasteiger partial charge is 0.451 e. The lowest BCUT2D eigenvalue weighted by molar-refractivity contribution is -0.115. The Hall–Kier alpha value is -2.10. The molecule has 1 amide bonds. The number of aryl methyl sites for hydroxylation is 1. The maximum atomic E-state index is 11.8. The van der Waals surface area contributed by atoms with Crippen molar-refractivity contribution in [2.75, 3.05) is 5.32 Å². The number of para-hydroxylation sites is 1. The minimum absolute atomic E-state index is 0.0835. The number of carbonyl (C=O) groups excluding carboxylic acids is 1. The first-order valence-corrected chi connectivity index (χ1v) is 5.54. The molecule has 0 atom stereocenters. The number of hydrogen-bond donors (Lipinski definition) is 1. The first-order valence-electron chi connectivity index (χ1n) is 5.54. The molecule has 0 unspecified atom stereocenters. The molecule has 0 aliphatic carbocycles. The van der Waals surface area contributed by atoms with Gasteiger partial charge in [-0.05, 0) is 18.1 Å². The van der Waals surface area contributed by atoms with Crippen molar-refractivity contribution < 1.29 is 9.21 Å². The summed E-state index contributed by atoms with van der Waals surface area (Å²) >= 11 is 0. The fourth-order valence-corrected chi connectivity index (χ4v) is 1.63. The molecule has 0 aliphatic heterocycles. The number of benzene rings is 1. The molecule has 1 N–H and O–H groups in total. The Morgan fingerprint density at radius 2 is 2.24 bits per heavy atom. The number of anilines is 1. The van der Waals surface area contributed by atoms with Crippen molar-refractivity contribution in [2.24, 2.45) is 0 Å². The zero-order valence-electron chi connectivity index (χ0n) is 9.64. The minimum Gasteiger partial charge on any atom is -0.451 e. The van der Waals surface area contributed by atoms with Gasteiger partial charge < -0.3 is 9.73 Å². The molecule has 2 rings (SSSR count). The van der Waals surface area contributed by atoms with Crippen LogP contribution in [-0.4, -0.2) is 10.9 Å². The topological polar surface area (TPSA) is 55.1 Å². The van der Waals surface area contributed by atoms with Crippen LogP contribution in [0.3, 0.4) is 0 Å². The summed E-state index contributed by atoms with van der Waals surface area (Å²) in [6, 6.07) is 7.78. The quantitative estimate of drug-likeness (QED) is 0.877. The molecule has 17 heavy (non-hydrogen) atoms. The maximum absolute atomic E-state index is 11.8. The number of rotatable bonds is 4. The Morgan fingerprint density at radius 3 is 2.94 bits per heavy atom. The average Bonchev–Trinajstić information content (AvgIpc) is 2.82. The molecule has 2 aromatic rings. The lowest BCUT2D eigenvalue weighted by atomic mass is 10.1. The Balaban J connectivity index is 2.03. The highest BCUT2D eigenvalue weighted by atomic mass is 16.3. The molecule has 0 aliphatic rings. The third-order valence-electron chi connectivity index (χ3n) is 2.50. The van der Waals surface area contributed by atoms with Crippen molar-refractivity contribution in [1.29, 1.82) is 0 Å². The highest BCUT2D eigenvalue weighted by molar-refractivity contribution is 5.92. The predicted molar refractivity (Wildman–Crippen MR) is 64.7 cm³/mol. The summed E-state index contributed by atoms with van der Waals surface area (Å²) in [6.07, 6.45) is 3.92. The third-order valence-corrected chi connectivity index (χ3v) is 2.50. The van der Waals surface area contributed by atoms with Crippen LogP contribution in [-0.2, 0) is 17.6 Å². The Kier molecular flexibility index (Phi) is 3.55. The molecule has 0 fully saturated rings. The van der Waals surface area contributed by atoms with Gasteiger partial charge in [0.15, 0.2) is 6.39 Å². The fourth-order valence-electron chi connectivity index (χ4n) is 1.63. The van der Waals surface area contributed by atoms with Gasteiger partial charge >= 0.3 is 0 Å². The first kappa shape index (κ1) is 11.4. The van der Waals surface area contributed by atoms with E-state index in [-0.39, 0.29) is 12.3 Å². The number of hydrogen-bond acceptors (Lipinski definition) is 3. The van der Waals surface area contributed by atoms with E-state index in [1.165, 1.54) is 12.7 Å². The second-order valence-corrected chi connectivity index (χ2v) is 3.72. The molecule has 0 saturated heterocycles. The van der Waals surface area contributed by atoms with Crippen molar-refractivity contribution in [3.05, 3.63) is 48.2 Å². The van der Waals surface area contributed by atoms with Crippen LogP contribution in [0.15, 0.2) is 41.3 Å². The Morgan fingerprint density at radius 1 is 1.41 bits per heavy atom. The molecular formula is C13H14N2O2. The van der Waals surface area contributed by atoms with Crippen LogP contribution in [0.4, 0.5) is 5.69 Å². The van der Waals surface area contributed by atoms with Crippen LogP contribution in [0.2, 0.25) is 0 Å². The van der Waals surface area contributed by atoms with Crippen LogP contribution in [0.25, 0.3) is 0 Å². The number of nitrogens with one attached hydrogen (secondary N) is 1. The van der Waals surface area contributed by atoms with E-state index < -0.39 is 0 Å². The molecule has 0 bridgehead atoms. The molecule has 88 valence electrons. The van der Waals surface area contributed by atoms with Crippen LogP contribution >= 0.6 is 0 Å². The van der Waals surface area contributed by atoms with Gasteiger partial charge in [-0.1, -0.05) is 25.1 Å². The number of oxazole rings is 1. The SMILES string of the molecule is CCc1ccccc1NC(=O)Cc1cocn1. The number of nitrogens with zero attached hydrogens (tertiary/aromatic N) is 1. The van der Waals surface area contributed by atoms with Crippen LogP contribution in [0.1, 0.15) is 18.2 Å². The van der Waals surface area contributed by atoms with Gasteiger partial charge in [0.05, 0.1) is 12.1 Å². The van der Waals surface area contributed by atoms with Crippen LogP contribution < -0.4 is 5.32 Å². The number of amides is 1. The van der Waals surface area contributed by atoms with E-state index in [2.05, 4.69) is 17.2 Å². The van der Waals surface area contributed by atoms with Crippen molar-refractivity contribution in [2.45, 2.75) is 19.8 Å². The molecule has 0 spiro atoms. The van der Waals surface area contributed by atoms with E-state index in [0.717, 1.165) is 17.7 Å². The Bertz CT molecular complexity index is 492. The van der Waals surface area contributed by atoms with Crippen molar-refractivity contribution in [1.82, 2.24) is 4.98 Å². The third kappa shape index (κ3) is 2.93. The zero-order valence-corrected chi connectivity index (χ0v) is 9.64. The molecular weight excluding hydrogens is 216 g/mol. The second kappa shape index (κ2) is 5.30. The summed E-state index contributed by atoms with van der Waals surface area (Å²) in [5, 5.41) is 2.88. The van der Waals surface area contributed by atoms with Gasteiger partial charge in [0.2, 0.25) is 5.91 Å². The standard InChI is InChI=1S/C13H14N2O2/c1-2-10-5-3-4-6-12(10)15-13(16)7-11-8-17-9-14-11/h3-6,8-9H,2,7H2,1H3,(H,15,16). The van der Waals surface area contributed by atoms with E-state index in [1.807, 2.05) is 24.3 Å². The Labute approximate surface area is 99.7 Å². The van der Waals surface area contributed by atoms with E-state index in [9.17, 15) is 4.79 Å². The van der Waals surface area contributed by atoms with Gasteiger partial charge in [-0.2, -0.15) is 0 Å². The lowest BCUT2D eigenvalue weighted by Crippen LogP contribution is -2.15. The minimum atomic E-state index is -0.0835. The second-order valence-electron chi connectivity index (χ2n) is 3.72. The normalized spacial score (nSPS) is 10.2. The maximum Gasteiger partial charge on any atom is 0.230 e. The fraction of sp³-hybridized carbons (Fsp3) is 0.231. The summed E-state index contributed by atoms with van der Waals surface area (Å²) in [6.45, 7) is 2.06. The van der Waals surface area contributed by atoms with Gasteiger partial charge in [0, 0.05) is 5.69 Å². The summed E-state index contributed by atoms with van der Waals surface area (Å²) in [5.41, 5.74) is 2.63. The van der Waals surface area contributed by atoms with Gasteiger partial charge in [-0.3, -0.25) is 4.79 Å². The van der Waals surface area contributed by atoms with Gasteiger partial charge in [-0.15, -0.1) is 0 Å². The molecule has 0 saturated carbocycles. The van der Waals surface area contributed by atoms with Crippen molar-refractivity contribution in [3.8, 4) is 0 Å². The van der Waals surface area contributed by atoms with E-state index in [1.54, 1.807) is 0 Å². The number of carbonyl (C=O) groups is 1. The average molecular weight is 230 g/mol. The summed E-state index contributed by atoms with van der Waals surface area (Å²) < 4.78 is 4.82. The molecule has 1 heterocycles. The van der Waals surface area contributed by atoms with Crippen LogP contribution in [0, 0.1) is 0 Å². The molecule has 4 heteroatoms. The van der Waals surface area contributed by atoms with E-state index in [0.29, 0.717) is 5.69 Å². The highest BCUT2D eigenvalue weighted by Crippen LogP contribution is 2.15. The summed E-state index contributed by atoms with van der Waals surface area (Å²) in [5.74, 6) is -0.0835. The highest BCUT2D eigenvalue weighted by Gasteiger charge is 2.07. The van der Waals surface area contributed by atoms with E-state index in [4.69, 9.17) is 4.42 Å². The molecule has 4 nitrogen and oxygen atoms in total. The van der Waals surface area contributed by atoms with Crippen LogP contribution in [0.5, 0.6) is 0 Å². The van der Waals surface area contributed by atoms with E-state index >= 15 is 0 Å². The summed E-state index contributed by atoms with van der Waals surface area (Å²) in [7, 11) is 0. The smallest absolute Gasteiger partial charge is 0.230 e. The van der Waals surface area contributed by atoms with Gasteiger partial charge in [0.25, 0.3) is 0 Å². The van der Waals surface area contributed by atoms with Gasteiger partial charge in [0.1, 0.15) is 6.26 Å². The monoisotopic (exact) mass is 230 g/mol.